The number of pyridine rings is 1. The summed E-state index contributed by atoms with van der Waals surface area (Å²) in [4.78, 5) is 19.7. The highest BCUT2D eigenvalue weighted by Crippen LogP contribution is 2.20. The maximum Gasteiger partial charge on any atom is 0.252 e. The summed E-state index contributed by atoms with van der Waals surface area (Å²) in [6, 6.07) is 1.82. The number of rotatable bonds is 4. The van der Waals surface area contributed by atoms with E-state index in [1.54, 1.807) is 13.1 Å². The lowest BCUT2D eigenvalue weighted by Gasteiger charge is -2.37. The summed E-state index contributed by atoms with van der Waals surface area (Å²) >= 11 is 0. The van der Waals surface area contributed by atoms with Crippen LogP contribution in [0.1, 0.15) is 17.3 Å². The third-order valence-corrected chi connectivity index (χ3v) is 3.30. The molecule has 0 spiro atoms. The van der Waals surface area contributed by atoms with Gasteiger partial charge in [0.05, 0.1) is 17.4 Å². The van der Waals surface area contributed by atoms with Gasteiger partial charge in [0.2, 0.25) is 0 Å². The van der Waals surface area contributed by atoms with Crippen molar-refractivity contribution in [3.05, 3.63) is 24.0 Å². The maximum absolute atomic E-state index is 11.4. The molecule has 0 saturated carbocycles. The van der Waals surface area contributed by atoms with Crippen LogP contribution in [0, 0.1) is 0 Å². The second kappa shape index (κ2) is 5.99. The number of nitrogens with zero attached hydrogens (tertiary/aromatic N) is 3. The number of hydrogen-bond donors (Lipinski definition) is 2. The average Bonchev–Trinajstić information content (AvgIpc) is 2.39. The summed E-state index contributed by atoms with van der Waals surface area (Å²) in [6.07, 6.45) is 2.87. The molecular formula is C13H20N4O2. The Kier molecular flexibility index (Phi) is 4.34. The molecule has 1 aliphatic rings. The summed E-state index contributed by atoms with van der Waals surface area (Å²) in [6.45, 7) is 5.85. The van der Waals surface area contributed by atoms with Gasteiger partial charge < -0.3 is 15.7 Å². The molecule has 1 fully saturated rings. The summed E-state index contributed by atoms with van der Waals surface area (Å²) in [5.41, 5.74) is 6.68. The highest BCUT2D eigenvalue weighted by molar-refractivity contribution is 5.98. The number of piperazine rings is 1. The zero-order chi connectivity index (χ0) is 13.8. The minimum Gasteiger partial charge on any atom is -0.392 e. The first-order valence-electron chi connectivity index (χ1n) is 6.47. The van der Waals surface area contributed by atoms with Crippen molar-refractivity contribution in [3.8, 4) is 0 Å². The molecule has 6 nitrogen and oxygen atoms in total. The molecule has 2 heterocycles. The number of carbonyl (C=O) groups excluding carboxylic acids is 1. The van der Waals surface area contributed by atoms with Gasteiger partial charge in [0.1, 0.15) is 0 Å². The number of aliphatic hydroxyl groups excluding tert-OH is 1. The Bertz CT molecular complexity index is 442. The highest BCUT2D eigenvalue weighted by atomic mass is 16.3. The Labute approximate surface area is 112 Å². The number of carbonyl (C=O) groups is 1. The van der Waals surface area contributed by atoms with Crippen LogP contribution in [0.15, 0.2) is 18.5 Å². The molecule has 0 unspecified atom stereocenters. The van der Waals surface area contributed by atoms with E-state index in [4.69, 9.17) is 5.73 Å². The van der Waals surface area contributed by atoms with E-state index >= 15 is 0 Å². The number of primary amides is 1. The van der Waals surface area contributed by atoms with E-state index in [1.165, 1.54) is 6.20 Å². The second-order valence-electron chi connectivity index (χ2n) is 4.89. The van der Waals surface area contributed by atoms with E-state index in [-0.39, 0.29) is 6.10 Å². The molecule has 6 heteroatoms. The van der Waals surface area contributed by atoms with E-state index in [9.17, 15) is 9.90 Å². The van der Waals surface area contributed by atoms with Crippen LogP contribution < -0.4 is 10.6 Å². The quantitative estimate of drug-likeness (QED) is 0.779. The molecule has 2 rings (SSSR count). The van der Waals surface area contributed by atoms with Crippen molar-refractivity contribution in [2.45, 2.75) is 13.0 Å². The highest BCUT2D eigenvalue weighted by Gasteiger charge is 2.21. The summed E-state index contributed by atoms with van der Waals surface area (Å²) in [5, 5.41) is 9.38. The van der Waals surface area contributed by atoms with Crippen LogP contribution in [0.5, 0.6) is 0 Å². The second-order valence-corrected chi connectivity index (χ2v) is 4.89. The number of aromatic nitrogens is 1. The number of amides is 1. The van der Waals surface area contributed by atoms with Crippen molar-refractivity contribution in [2.24, 2.45) is 5.73 Å². The number of anilines is 1. The minimum atomic E-state index is -0.450. The molecule has 19 heavy (non-hydrogen) atoms. The SMILES string of the molecule is C[C@@H](O)CN1CCN(c2ccncc2C(N)=O)CC1. The van der Waals surface area contributed by atoms with Gasteiger partial charge in [-0.25, -0.2) is 0 Å². The summed E-state index contributed by atoms with van der Waals surface area (Å²) in [5.74, 6) is -0.450. The molecule has 0 bridgehead atoms. The van der Waals surface area contributed by atoms with Crippen LogP contribution in [0.2, 0.25) is 0 Å². The van der Waals surface area contributed by atoms with Crippen LogP contribution in [0.25, 0.3) is 0 Å². The van der Waals surface area contributed by atoms with Crippen LogP contribution in [-0.2, 0) is 0 Å². The van der Waals surface area contributed by atoms with E-state index in [0.29, 0.717) is 12.1 Å². The van der Waals surface area contributed by atoms with Gasteiger partial charge in [0, 0.05) is 45.1 Å². The zero-order valence-corrected chi connectivity index (χ0v) is 11.1. The smallest absolute Gasteiger partial charge is 0.252 e. The number of hydrogen-bond acceptors (Lipinski definition) is 5. The van der Waals surface area contributed by atoms with Gasteiger partial charge in [0.15, 0.2) is 0 Å². The van der Waals surface area contributed by atoms with Crippen LogP contribution in [0.4, 0.5) is 5.69 Å². The normalized spacial score (nSPS) is 18.3. The van der Waals surface area contributed by atoms with Crippen molar-refractivity contribution in [1.29, 1.82) is 0 Å². The van der Waals surface area contributed by atoms with E-state index in [1.807, 2.05) is 6.07 Å². The number of nitrogens with two attached hydrogens (primary N) is 1. The van der Waals surface area contributed by atoms with Gasteiger partial charge >= 0.3 is 0 Å². The molecule has 1 atom stereocenters. The van der Waals surface area contributed by atoms with Gasteiger partial charge in [-0.15, -0.1) is 0 Å². The molecule has 1 aromatic heterocycles. The van der Waals surface area contributed by atoms with E-state index in [0.717, 1.165) is 31.9 Å². The van der Waals surface area contributed by atoms with Crippen molar-refractivity contribution >= 4 is 11.6 Å². The lowest BCUT2D eigenvalue weighted by Crippen LogP contribution is -2.48. The van der Waals surface area contributed by atoms with Crippen molar-refractivity contribution in [2.75, 3.05) is 37.6 Å². The topological polar surface area (TPSA) is 82.7 Å². The predicted octanol–water partition coefficient (Wildman–Crippen LogP) is -0.317. The molecule has 3 N–H and O–H groups in total. The minimum absolute atomic E-state index is 0.311. The lowest BCUT2D eigenvalue weighted by atomic mass is 10.1. The fraction of sp³-hybridized carbons (Fsp3) is 0.538. The molecule has 1 amide bonds. The molecule has 0 radical (unpaired) electrons. The Morgan fingerprint density at radius 2 is 2.16 bits per heavy atom. The largest absolute Gasteiger partial charge is 0.392 e. The summed E-state index contributed by atoms with van der Waals surface area (Å²) < 4.78 is 0. The molecule has 1 aliphatic heterocycles. The fourth-order valence-corrected chi connectivity index (χ4v) is 2.40. The third-order valence-electron chi connectivity index (χ3n) is 3.30. The molecule has 1 aromatic rings. The Balaban J connectivity index is 2.04. The first kappa shape index (κ1) is 13.8. The Morgan fingerprint density at radius 1 is 1.47 bits per heavy atom. The first-order chi connectivity index (χ1) is 9.08. The van der Waals surface area contributed by atoms with Gasteiger partial charge in [-0.1, -0.05) is 0 Å². The lowest BCUT2D eigenvalue weighted by molar-refractivity contribution is 0.1000. The first-order valence-corrected chi connectivity index (χ1v) is 6.47. The summed E-state index contributed by atoms with van der Waals surface area (Å²) in [7, 11) is 0. The van der Waals surface area contributed by atoms with Crippen LogP contribution in [-0.4, -0.2) is 59.7 Å². The molecule has 104 valence electrons. The fourth-order valence-electron chi connectivity index (χ4n) is 2.40. The standard InChI is InChI=1S/C13H20N4O2/c1-10(18)9-16-4-6-17(7-5-16)12-2-3-15-8-11(12)13(14)19/h2-3,8,10,18H,4-7,9H2,1H3,(H2,14,19)/t10-/m1/s1. The molecule has 0 aliphatic carbocycles. The third kappa shape index (κ3) is 3.42. The van der Waals surface area contributed by atoms with Crippen molar-refractivity contribution < 1.29 is 9.90 Å². The van der Waals surface area contributed by atoms with Crippen molar-refractivity contribution in [1.82, 2.24) is 9.88 Å². The predicted molar refractivity (Wildman–Crippen MR) is 73.1 cm³/mol. The zero-order valence-electron chi connectivity index (χ0n) is 11.1. The number of aliphatic hydroxyl groups is 1. The van der Waals surface area contributed by atoms with Gasteiger partial charge in [-0.3, -0.25) is 14.7 Å². The molecule has 0 aromatic carbocycles. The Morgan fingerprint density at radius 3 is 2.74 bits per heavy atom. The maximum atomic E-state index is 11.4. The molecular weight excluding hydrogens is 244 g/mol. The van der Waals surface area contributed by atoms with Crippen molar-refractivity contribution in [3.63, 3.8) is 0 Å². The average molecular weight is 264 g/mol. The van der Waals surface area contributed by atoms with Gasteiger partial charge in [-0.05, 0) is 13.0 Å². The monoisotopic (exact) mass is 264 g/mol. The molecule has 1 saturated heterocycles. The van der Waals surface area contributed by atoms with Crippen LogP contribution in [0.3, 0.4) is 0 Å². The van der Waals surface area contributed by atoms with Gasteiger partial charge in [0.25, 0.3) is 5.91 Å². The number of β-amino-alcohol motifs (C(OH)–C–C–N with tert-alkyl or cyclic N) is 1. The van der Waals surface area contributed by atoms with E-state index < -0.39 is 5.91 Å². The van der Waals surface area contributed by atoms with Crippen LogP contribution >= 0.6 is 0 Å². The van der Waals surface area contributed by atoms with Gasteiger partial charge in [-0.2, -0.15) is 0 Å². The van der Waals surface area contributed by atoms with E-state index in [2.05, 4.69) is 14.8 Å². The Hall–Kier alpha value is -1.66.